The number of aromatic nitrogens is 1. The Morgan fingerprint density at radius 3 is 2.36 bits per heavy atom. The van der Waals surface area contributed by atoms with Gasteiger partial charge in [0.15, 0.2) is 5.13 Å². The van der Waals surface area contributed by atoms with Crippen LogP contribution in [0.25, 0.3) is 10.2 Å². The summed E-state index contributed by atoms with van der Waals surface area (Å²) in [4.78, 5) is 22.5. The summed E-state index contributed by atoms with van der Waals surface area (Å²) >= 11 is 1.59. The molecule has 0 saturated carbocycles. The zero-order valence-electron chi connectivity index (χ0n) is 17.5. The normalized spacial score (nSPS) is 11.4. The number of hydrogen-bond donors (Lipinski definition) is 0. The zero-order valence-corrected chi connectivity index (χ0v) is 18.3. The lowest BCUT2D eigenvalue weighted by molar-refractivity contribution is 0.0983. The van der Waals surface area contributed by atoms with Gasteiger partial charge in [0, 0.05) is 18.7 Å². The lowest BCUT2D eigenvalue weighted by Gasteiger charge is -2.25. The van der Waals surface area contributed by atoms with Crippen LogP contribution < -0.4 is 4.90 Å². The SMILES string of the molecule is CCN(CC)CCN(C(=O)c1cc(C)ccc1C)c1nc2ccc(C)cc2s1. The lowest BCUT2D eigenvalue weighted by Crippen LogP contribution is -2.39. The van der Waals surface area contributed by atoms with Crippen molar-refractivity contribution in [3.63, 3.8) is 0 Å². The Bertz CT molecular complexity index is 975. The molecule has 0 atom stereocenters. The fraction of sp³-hybridized carbons (Fsp3) is 0.391. The van der Waals surface area contributed by atoms with Gasteiger partial charge in [0.25, 0.3) is 5.91 Å². The van der Waals surface area contributed by atoms with Gasteiger partial charge in [-0.1, -0.05) is 48.9 Å². The van der Waals surface area contributed by atoms with Crippen LogP contribution in [0.1, 0.15) is 40.9 Å². The molecule has 0 N–H and O–H groups in total. The van der Waals surface area contributed by atoms with E-state index in [0.717, 1.165) is 51.7 Å². The molecule has 0 unspecified atom stereocenters. The van der Waals surface area contributed by atoms with Gasteiger partial charge in [0.1, 0.15) is 0 Å². The minimum atomic E-state index is 0.0316. The molecule has 148 valence electrons. The minimum Gasteiger partial charge on any atom is -0.302 e. The maximum absolute atomic E-state index is 13.5. The largest absolute Gasteiger partial charge is 0.302 e. The summed E-state index contributed by atoms with van der Waals surface area (Å²) in [5.41, 5.74) is 5.01. The summed E-state index contributed by atoms with van der Waals surface area (Å²) in [6, 6.07) is 12.3. The van der Waals surface area contributed by atoms with Crippen molar-refractivity contribution in [2.24, 2.45) is 0 Å². The third kappa shape index (κ3) is 4.42. The summed E-state index contributed by atoms with van der Waals surface area (Å²) in [7, 11) is 0. The first-order chi connectivity index (χ1) is 13.4. The van der Waals surface area contributed by atoms with E-state index < -0.39 is 0 Å². The number of carbonyl (C=O) groups excluding carboxylic acids is 1. The summed E-state index contributed by atoms with van der Waals surface area (Å²) in [5, 5.41) is 0.777. The molecule has 2 aromatic carbocycles. The molecule has 0 bridgehead atoms. The molecule has 1 heterocycles. The number of aryl methyl sites for hydroxylation is 3. The van der Waals surface area contributed by atoms with Crippen molar-refractivity contribution in [1.29, 1.82) is 0 Å². The molecule has 3 aromatic rings. The highest BCUT2D eigenvalue weighted by atomic mass is 32.1. The number of fused-ring (bicyclic) bond motifs is 1. The van der Waals surface area contributed by atoms with Gasteiger partial charge in [0.2, 0.25) is 0 Å². The quantitative estimate of drug-likeness (QED) is 0.551. The first-order valence-electron chi connectivity index (χ1n) is 9.91. The Kier molecular flexibility index (Phi) is 6.47. The molecular formula is C23H29N3OS. The zero-order chi connectivity index (χ0) is 20.3. The van der Waals surface area contributed by atoms with Crippen molar-refractivity contribution >= 4 is 32.6 Å². The fourth-order valence-electron chi connectivity index (χ4n) is 3.31. The number of carbonyl (C=O) groups is 1. The highest BCUT2D eigenvalue weighted by molar-refractivity contribution is 7.22. The Morgan fingerprint density at radius 1 is 0.964 bits per heavy atom. The number of anilines is 1. The standard InChI is InChI=1S/C23H29N3OS/c1-6-25(7-2)12-13-26(22(27)19-14-16(3)8-10-18(19)5)23-24-20-11-9-17(4)15-21(20)28-23/h8-11,14-15H,6-7,12-13H2,1-5H3. The average Bonchev–Trinajstić information content (AvgIpc) is 3.09. The molecule has 1 aromatic heterocycles. The number of nitrogens with zero attached hydrogens (tertiary/aromatic N) is 3. The van der Waals surface area contributed by atoms with E-state index in [1.807, 2.05) is 43.0 Å². The fourth-order valence-corrected chi connectivity index (χ4v) is 4.40. The molecule has 4 nitrogen and oxygen atoms in total. The molecule has 5 heteroatoms. The van der Waals surface area contributed by atoms with Crippen LogP contribution in [-0.4, -0.2) is 42.0 Å². The topological polar surface area (TPSA) is 36.4 Å². The first-order valence-corrected chi connectivity index (χ1v) is 10.7. The molecule has 0 radical (unpaired) electrons. The molecule has 0 aliphatic rings. The first kappa shape index (κ1) is 20.5. The van der Waals surface area contributed by atoms with Crippen molar-refractivity contribution in [1.82, 2.24) is 9.88 Å². The molecule has 0 saturated heterocycles. The molecule has 3 rings (SSSR count). The van der Waals surface area contributed by atoms with Gasteiger partial charge in [0.05, 0.1) is 10.2 Å². The van der Waals surface area contributed by atoms with Gasteiger partial charge in [-0.25, -0.2) is 4.98 Å². The summed E-state index contributed by atoms with van der Waals surface area (Å²) < 4.78 is 1.12. The third-order valence-electron chi connectivity index (χ3n) is 5.17. The van der Waals surface area contributed by atoms with Crippen LogP contribution >= 0.6 is 11.3 Å². The smallest absolute Gasteiger partial charge is 0.260 e. The molecule has 28 heavy (non-hydrogen) atoms. The Morgan fingerprint density at radius 2 is 1.64 bits per heavy atom. The van der Waals surface area contributed by atoms with Crippen LogP contribution in [0.4, 0.5) is 5.13 Å². The van der Waals surface area contributed by atoms with Crippen molar-refractivity contribution < 1.29 is 4.79 Å². The van der Waals surface area contributed by atoms with Gasteiger partial charge < -0.3 is 4.90 Å². The second-order valence-corrected chi connectivity index (χ2v) is 8.28. The Labute approximate surface area is 171 Å². The van der Waals surface area contributed by atoms with E-state index in [-0.39, 0.29) is 5.91 Å². The molecule has 0 fully saturated rings. The van der Waals surface area contributed by atoms with E-state index in [4.69, 9.17) is 4.98 Å². The minimum absolute atomic E-state index is 0.0316. The molecular weight excluding hydrogens is 366 g/mol. The van der Waals surface area contributed by atoms with Crippen molar-refractivity contribution in [3.05, 3.63) is 58.7 Å². The predicted octanol–water partition coefficient (Wildman–Crippen LogP) is 5.21. The van der Waals surface area contributed by atoms with E-state index in [0.29, 0.717) is 6.54 Å². The van der Waals surface area contributed by atoms with E-state index in [2.05, 4.69) is 37.8 Å². The summed E-state index contributed by atoms with van der Waals surface area (Å²) in [6.45, 7) is 13.8. The summed E-state index contributed by atoms with van der Waals surface area (Å²) in [5.74, 6) is 0.0316. The summed E-state index contributed by atoms with van der Waals surface area (Å²) in [6.07, 6.45) is 0. The van der Waals surface area contributed by atoms with Gasteiger partial charge in [-0.05, 0) is 63.2 Å². The van der Waals surface area contributed by atoms with Gasteiger partial charge >= 0.3 is 0 Å². The average molecular weight is 396 g/mol. The Hall–Kier alpha value is -2.24. The molecule has 0 aliphatic heterocycles. The van der Waals surface area contributed by atoms with E-state index in [1.165, 1.54) is 5.56 Å². The van der Waals surface area contributed by atoms with Crippen LogP contribution in [-0.2, 0) is 0 Å². The highest BCUT2D eigenvalue weighted by Gasteiger charge is 2.23. The van der Waals surface area contributed by atoms with Gasteiger partial charge in [-0.15, -0.1) is 0 Å². The number of hydrogen-bond acceptors (Lipinski definition) is 4. The molecule has 1 amide bonds. The van der Waals surface area contributed by atoms with Crippen molar-refractivity contribution in [2.45, 2.75) is 34.6 Å². The number of likely N-dealkylation sites (N-methyl/N-ethyl adjacent to an activating group) is 1. The number of thiazole rings is 1. The second-order valence-electron chi connectivity index (χ2n) is 7.27. The van der Waals surface area contributed by atoms with Crippen LogP contribution in [0, 0.1) is 20.8 Å². The maximum atomic E-state index is 13.5. The molecule has 0 spiro atoms. The van der Waals surface area contributed by atoms with Crippen LogP contribution in [0.15, 0.2) is 36.4 Å². The number of rotatable bonds is 7. The Balaban J connectivity index is 2.00. The third-order valence-corrected chi connectivity index (χ3v) is 6.21. The number of benzene rings is 2. The van der Waals surface area contributed by atoms with Crippen LogP contribution in [0.3, 0.4) is 0 Å². The van der Waals surface area contributed by atoms with E-state index in [9.17, 15) is 4.79 Å². The van der Waals surface area contributed by atoms with E-state index >= 15 is 0 Å². The monoisotopic (exact) mass is 395 g/mol. The van der Waals surface area contributed by atoms with Crippen molar-refractivity contribution in [2.75, 3.05) is 31.1 Å². The highest BCUT2D eigenvalue weighted by Crippen LogP contribution is 2.31. The second kappa shape index (κ2) is 8.84. The van der Waals surface area contributed by atoms with Crippen molar-refractivity contribution in [3.8, 4) is 0 Å². The van der Waals surface area contributed by atoms with E-state index in [1.54, 1.807) is 11.3 Å². The van der Waals surface area contributed by atoms with Gasteiger partial charge in [-0.3, -0.25) is 9.69 Å². The molecule has 0 aliphatic carbocycles. The maximum Gasteiger partial charge on any atom is 0.260 e. The lowest BCUT2D eigenvalue weighted by atomic mass is 10.0. The van der Waals surface area contributed by atoms with Crippen LogP contribution in [0.2, 0.25) is 0 Å². The van der Waals surface area contributed by atoms with Gasteiger partial charge in [-0.2, -0.15) is 0 Å². The number of amides is 1. The predicted molar refractivity (Wildman–Crippen MR) is 120 cm³/mol. The van der Waals surface area contributed by atoms with Crippen LogP contribution in [0.5, 0.6) is 0 Å².